The highest BCUT2D eigenvalue weighted by molar-refractivity contribution is 9.10. The van der Waals surface area contributed by atoms with Crippen molar-refractivity contribution in [2.45, 2.75) is 34.2 Å². The number of amides is 2. The van der Waals surface area contributed by atoms with Crippen molar-refractivity contribution < 1.29 is 14.0 Å². The lowest BCUT2D eigenvalue weighted by Gasteiger charge is -2.28. The van der Waals surface area contributed by atoms with E-state index in [2.05, 4.69) is 20.9 Å². The Morgan fingerprint density at radius 2 is 1.84 bits per heavy atom. The molecule has 0 saturated heterocycles. The third-order valence-corrected chi connectivity index (χ3v) is 4.81. The van der Waals surface area contributed by atoms with Crippen molar-refractivity contribution in [2.24, 2.45) is 11.8 Å². The Morgan fingerprint density at radius 3 is 2.35 bits per heavy atom. The largest absolute Gasteiger partial charge is 0.444 e. The molecule has 0 spiro atoms. The minimum Gasteiger partial charge on any atom is -0.444 e. The fourth-order valence-corrected chi connectivity index (χ4v) is 3.35. The molecule has 2 aromatic heterocycles. The Balaban J connectivity index is 2.41. The van der Waals surface area contributed by atoms with Crippen molar-refractivity contribution >= 4 is 39.2 Å². The molecule has 3 N–H and O–H groups in total. The van der Waals surface area contributed by atoms with E-state index in [4.69, 9.17) is 10.2 Å². The van der Waals surface area contributed by atoms with Gasteiger partial charge in [0, 0.05) is 20.1 Å². The molecule has 0 atom stereocenters. The number of nitrogens with zero attached hydrogens (tertiary/aromatic N) is 3. The van der Waals surface area contributed by atoms with Gasteiger partial charge in [-0.25, -0.2) is 4.79 Å². The van der Waals surface area contributed by atoms with Gasteiger partial charge in [0.25, 0.3) is 11.5 Å². The number of H-pyrrole nitrogens is 1. The lowest BCUT2D eigenvalue weighted by molar-refractivity contribution is -0.119. The number of likely N-dealkylation sites (N-methyl/N-ethyl adjacent to an activating group) is 1. The number of anilines is 2. The highest BCUT2D eigenvalue weighted by atomic mass is 79.9. The highest BCUT2D eigenvalue weighted by Gasteiger charge is 2.27. The number of hydrogen-bond donors (Lipinski definition) is 2. The molecule has 0 bridgehead atoms. The zero-order chi connectivity index (χ0) is 23.5. The van der Waals surface area contributed by atoms with Crippen LogP contribution in [0.1, 0.15) is 38.2 Å². The molecule has 0 unspecified atom stereocenters. The predicted octanol–water partition coefficient (Wildman–Crippen LogP) is 1.89. The number of carbonyl (C=O) groups excluding carboxylic acids is 2. The summed E-state index contributed by atoms with van der Waals surface area (Å²) in [7, 11) is 1.46. The molecule has 0 aliphatic rings. The van der Waals surface area contributed by atoms with Crippen LogP contribution in [0.5, 0.6) is 0 Å². The van der Waals surface area contributed by atoms with Gasteiger partial charge in [0.1, 0.15) is 12.4 Å². The second-order valence-electron chi connectivity index (χ2n) is 8.16. The number of hydrogen-bond acceptors (Lipinski definition) is 6. The summed E-state index contributed by atoms with van der Waals surface area (Å²) in [6, 6.07) is 3.07. The summed E-state index contributed by atoms with van der Waals surface area (Å²) in [5.74, 6) is -0.933. The van der Waals surface area contributed by atoms with Crippen LogP contribution in [0.4, 0.5) is 11.5 Å². The van der Waals surface area contributed by atoms with E-state index >= 15 is 0 Å². The van der Waals surface area contributed by atoms with E-state index in [-0.39, 0.29) is 48.7 Å². The Labute approximate surface area is 188 Å². The van der Waals surface area contributed by atoms with Crippen LogP contribution in [0.15, 0.2) is 30.8 Å². The lowest BCUT2D eigenvalue weighted by Crippen LogP contribution is -2.47. The Morgan fingerprint density at radius 1 is 1.19 bits per heavy atom. The summed E-state index contributed by atoms with van der Waals surface area (Å²) in [6.07, 6.45) is 0. The van der Waals surface area contributed by atoms with Crippen LogP contribution in [0.2, 0.25) is 0 Å². The van der Waals surface area contributed by atoms with Gasteiger partial charge in [-0.15, -0.1) is 0 Å². The molecular formula is C20H28BrN5O5. The maximum Gasteiger partial charge on any atom is 0.330 e. The van der Waals surface area contributed by atoms with Gasteiger partial charge >= 0.3 is 5.69 Å². The minimum absolute atomic E-state index is 0.00439. The number of nitrogens with two attached hydrogens (primary N) is 1. The summed E-state index contributed by atoms with van der Waals surface area (Å²) in [5, 5.41) is 0. The number of nitrogens with one attached hydrogen (secondary N) is 1. The molecule has 0 aliphatic heterocycles. The molecule has 0 aromatic carbocycles. The van der Waals surface area contributed by atoms with Crippen LogP contribution in [-0.4, -0.2) is 46.4 Å². The monoisotopic (exact) mass is 497 g/mol. The SMILES string of the molecule is CC(C)CN(C(=O)CN(C)C(=O)c1ccc(Br)o1)c1c(N)n(CC(C)C)c(=O)[nH]c1=O. The quantitative estimate of drug-likeness (QED) is 0.571. The fourth-order valence-electron chi connectivity index (χ4n) is 3.04. The Hall–Kier alpha value is -2.82. The molecule has 11 heteroatoms. The van der Waals surface area contributed by atoms with Gasteiger partial charge in [-0.3, -0.25) is 23.9 Å². The van der Waals surface area contributed by atoms with Gasteiger partial charge in [0.05, 0.1) is 0 Å². The minimum atomic E-state index is -0.750. The average Bonchev–Trinajstić information content (AvgIpc) is 3.09. The molecule has 2 rings (SSSR count). The summed E-state index contributed by atoms with van der Waals surface area (Å²) in [6.45, 7) is 7.72. The van der Waals surface area contributed by atoms with Crippen LogP contribution in [0.3, 0.4) is 0 Å². The first kappa shape index (κ1) is 24.4. The number of halogens is 1. The van der Waals surface area contributed by atoms with Crippen LogP contribution < -0.4 is 21.9 Å². The van der Waals surface area contributed by atoms with Crippen molar-refractivity contribution in [1.29, 1.82) is 0 Å². The van der Waals surface area contributed by atoms with E-state index in [1.165, 1.54) is 27.5 Å². The number of aromatic amines is 1. The lowest BCUT2D eigenvalue weighted by atomic mass is 10.2. The predicted molar refractivity (Wildman–Crippen MR) is 121 cm³/mol. The number of furan rings is 1. The van der Waals surface area contributed by atoms with E-state index < -0.39 is 23.1 Å². The van der Waals surface area contributed by atoms with E-state index in [9.17, 15) is 19.2 Å². The van der Waals surface area contributed by atoms with E-state index in [1.807, 2.05) is 27.7 Å². The smallest absolute Gasteiger partial charge is 0.330 e. The highest BCUT2D eigenvalue weighted by Crippen LogP contribution is 2.20. The van der Waals surface area contributed by atoms with Crippen LogP contribution in [-0.2, 0) is 11.3 Å². The zero-order valence-corrected chi connectivity index (χ0v) is 19.9. The third-order valence-electron chi connectivity index (χ3n) is 4.38. The van der Waals surface area contributed by atoms with Crippen molar-refractivity contribution in [1.82, 2.24) is 14.5 Å². The molecule has 2 aromatic rings. The molecule has 10 nitrogen and oxygen atoms in total. The third kappa shape index (κ3) is 5.87. The molecule has 170 valence electrons. The molecule has 2 heterocycles. The molecule has 0 aliphatic carbocycles. The van der Waals surface area contributed by atoms with Gasteiger partial charge in [0.2, 0.25) is 5.91 Å². The topological polar surface area (TPSA) is 135 Å². The zero-order valence-electron chi connectivity index (χ0n) is 18.3. The van der Waals surface area contributed by atoms with Crippen molar-refractivity contribution in [2.75, 3.05) is 30.8 Å². The van der Waals surface area contributed by atoms with Gasteiger partial charge in [-0.1, -0.05) is 27.7 Å². The maximum atomic E-state index is 13.1. The summed E-state index contributed by atoms with van der Waals surface area (Å²) < 4.78 is 6.89. The van der Waals surface area contributed by atoms with Crippen molar-refractivity contribution in [3.05, 3.63) is 43.4 Å². The van der Waals surface area contributed by atoms with Gasteiger partial charge in [-0.05, 0) is 39.9 Å². The number of carbonyl (C=O) groups is 2. The van der Waals surface area contributed by atoms with E-state index in [0.29, 0.717) is 4.67 Å². The van der Waals surface area contributed by atoms with Gasteiger partial charge in [-0.2, -0.15) is 0 Å². The van der Waals surface area contributed by atoms with E-state index in [1.54, 1.807) is 6.07 Å². The van der Waals surface area contributed by atoms with Crippen molar-refractivity contribution in [3.63, 3.8) is 0 Å². The van der Waals surface area contributed by atoms with Crippen LogP contribution in [0, 0.1) is 11.8 Å². The second kappa shape index (κ2) is 9.99. The van der Waals surface area contributed by atoms with E-state index in [0.717, 1.165) is 0 Å². The Bertz CT molecular complexity index is 1070. The molecule has 2 amide bonds. The first-order valence-corrected chi connectivity index (χ1v) is 10.6. The molecule has 0 fully saturated rings. The second-order valence-corrected chi connectivity index (χ2v) is 8.94. The maximum absolute atomic E-state index is 13.1. The molecule has 0 radical (unpaired) electrons. The normalized spacial score (nSPS) is 11.2. The first-order chi connectivity index (χ1) is 14.4. The van der Waals surface area contributed by atoms with Gasteiger partial charge in [0.15, 0.2) is 16.1 Å². The standard InChI is InChI=1S/C20H28BrN5O5/c1-11(2)8-25(15(27)10-24(5)19(29)13-6-7-14(21)31-13)16-17(22)26(9-12(3)4)20(30)23-18(16)28/h6-7,11-12H,8-10,22H2,1-5H3,(H,23,28,30). The molecule has 31 heavy (non-hydrogen) atoms. The molecule has 0 saturated carbocycles. The molecular weight excluding hydrogens is 470 g/mol. The number of aromatic nitrogens is 2. The summed E-state index contributed by atoms with van der Waals surface area (Å²) in [5.41, 5.74) is 4.70. The first-order valence-electron chi connectivity index (χ1n) is 9.86. The van der Waals surface area contributed by atoms with Crippen LogP contribution >= 0.6 is 15.9 Å². The average molecular weight is 498 g/mol. The van der Waals surface area contributed by atoms with Crippen LogP contribution in [0.25, 0.3) is 0 Å². The summed E-state index contributed by atoms with van der Waals surface area (Å²) >= 11 is 3.13. The van der Waals surface area contributed by atoms with Gasteiger partial charge < -0.3 is 20.0 Å². The summed E-state index contributed by atoms with van der Waals surface area (Å²) in [4.78, 5) is 55.2. The Kier molecular flexibility index (Phi) is 7.88. The fraction of sp³-hybridized carbons (Fsp3) is 0.500. The number of rotatable bonds is 8. The van der Waals surface area contributed by atoms with Crippen molar-refractivity contribution in [3.8, 4) is 0 Å². The number of nitrogen functional groups attached to an aromatic ring is 1.